The summed E-state index contributed by atoms with van der Waals surface area (Å²) in [6.07, 6.45) is -7.99. The Labute approximate surface area is 296 Å². The molecule has 50 heavy (non-hydrogen) atoms. The molecule has 4 aromatic carbocycles. The summed E-state index contributed by atoms with van der Waals surface area (Å²) in [4.78, 5) is 23.8. The van der Waals surface area contributed by atoms with Crippen molar-refractivity contribution in [3.05, 3.63) is 128 Å². The summed E-state index contributed by atoms with van der Waals surface area (Å²) >= 11 is 11.6. The molecule has 0 aromatic heterocycles. The van der Waals surface area contributed by atoms with Crippen molar-refractivity contribution in [3.8, 4) is 0 Å². The number of hydrogen-bond donors (Lipinski definition) is 4. The van der Waals surface area contributed by atoms with E-state index in [4.69, 9.17) is 23.2 Å². The van der Waals surface area contributed by atoms with Gasteiger partial charge in [0.05, 0.1) is 11.1 Å². The topological polar surface area (TPSA) is 82.3 Å². The highest BCUT2D eigenvalue weighted by molar-refractivity contribution is 6.30. The molecule has 268 valence electrons. The van der Waals surface area contributed by atoms with Gasteiger partial charge in [0, 0.05) is 53.0 Å². The van der Waals surface area contributed by atoms with Gasteiger partial charge in [0.2, 0.25) is 5.91 Å². The van der Waals surface area contributed by atoms with E-state index < -0.39 is 29.4 Å². The highest BCUT2D eigenvalue weighted by Crippen LogP contribution is 2.31. The Kier molecular flexibility index (Phi) is 15.0. The predicted octanol–water partition coefficient (Wildman–Crippen LogP) is 9.68. The van der Waals surface area contributed by atoms with E-state index in [0.29, 0.717) is 39.0 Å². The summed E-state index contributed by atoms with van der Waals surface area (Å²) in [6, 6.07) is 21.2. The summed E-state index contributed by atoms with van der Waals surface area (Å²) in [5, 5.41) is 12.7. The van der Waals surface area contributed by atoms with Crippen molar-refractivity contribution in [2.75, 3.05) is 30.3 Å². The van der Waals surface area contributed by atoms with Crippen LogP contribution >= 0.6 is 23.2 Å². The van der Waals surface area contributed by atoms with Crippen LogP contribution in [0.25, 0.3) is 0 Å². The average molecular weight is 742 g/mol. The quantitative estimate of drug-likeness (QED) is 0.0862. The van der Waals surface area contributed by atoms with E-state index in [9.17, 15) is 35.9 Å². The molecule has 0 aliphatic rings. The van der Waals surface area contributed by atoms with E-state index in [-0.39, 0.29) is 24.4 Å². The van der Waals surface area contributed by atoms with Crippen molar-refractivity contribution >= 4 is 46.4 Å². The van der Waals surface area contributed by atoms with Crippen LogP contribution in [0.5, 0.6) is 0 Å². The molecule has 0 heterocycles. The first-order chi connectivity index (χ1) is 23.5. The number of aryl methyl sites for hydroxylation is 2. The molecule has 0 radical (unpaired) electrons. The lowest BCUT2D eigenvalue weighted by atomic mass is 10.1. The molecule has 14 heteroatoms. The van der Waals surface area contributed by atoms with Gasteiger partial charge in [0.25, 0.3) is 5.91 Å². The summed E-state index contributed by atoms with van der Waals surface area (Å²) < 4.78 is 76.8. The van der Waals surface area contributed by atoms with E-state index in [1.165, 1.54) is 25.1 Å². The molecule has 0 saturated carbocycles. The number of carbonyl (C=O) groups is 2. The van der Waals surface area contributed by atoms with Crippen LogP contribution in [0.1, 0.15) is 51.0 Å². The van der Waals surface area contributed by atoms with Crippen LogP contribution < -0.4 is 21.3 Å². The number of carbonyl (C=O) groups excluding carboxylic acids is 2. The Morgan fingerprint density at radius 1 is 0.660 bits per heavy atom. The fraction of sp³-hybridized carbons (Fsp3) is 0.278. The highest BCUT2D eigenvalue weighted by atomic mass is 35.5. The van der Waals surface area contributed by atoms with Crippen LogP contribution in [0, 0.1) is 13.8 Å². The summed E-state index contributed by atoms with van der Waals surface area (Å²) in [7, 11) is 0. The van der Waals surface area contributed by atoms with E-state index in [0.717, 1.165) is 37.3 Å². The number of nitrogens with one attached hydrogen (secondary N) is 4. The summed E-state index contributed by atoms with van der Waals surface area (Å²) in [6.45, 7) is 5.06. The van der Waals surface area contributed by atoms with Gasteiger partial charge in [-0.25, -0.2) is 0 Å². The first-order valence-corrected chi connectivity index (χ1v) is 16.2. The zero-order valence-corrected chi connectivity index (χ0v) is 28.7. The Balaban J connectivity index is 0.000000271. The smallest absolute Gasteiger partial charge is 0.385 e. The van der Waals surface area contributed by atoms with Crippen LogP contribution in [0.3, 0.4) is 0 Å². The molecule has 0 aliphatic carbocycles. The zero-order valence-electron chi connectivity index (χ0n) is 27.2. The number of anilines is 2. The third-order valence-electron chi connectivity index (χ3n) is 6.93. The van der Waals surface area contributed by atoms with Crippen LogP contribution in [0.4, 0.5) is 37.7 Å². The molecule has 6 nitrogen and oxygen atoms in total. The molecule has 4 rings (SSSR count). The van der Waals surface area contributed by atoms with E-state index >= 15 is 0 Å². The lowest BCUT2D eigenvalue weighted by Gasteiger charge is -2.12. The van der Waals surface area contributed by atoms with Crippen molar-refractivity contribution in [2.45, 2.75) is 45.6 Å². The zero-order chi connectivity index (χ0) is 36.9. The average Bonchev–Trinajstić information content (AvgIpc) is 3.03. The fourth-order valence-corrected chi connectivity index (χ4v) is 4.85. The lowest BCUT2D eigenvalue weighted by Crippen LogP contribution is -2.28. The standard InChI is InChI=1S/C18H16ClF3N2O2.C18H20ClF3N2/c1-11-8-12(10-13(9-11)18(20,21)22)17(26)23-7-6-16(25)24-15-4-2-14(19)3-5-15;1-13-9-14(11-15(10-13)18(20,21)22)12-23-7-2-8-24-17-5-3-16(19)4-6-17/h2-5,8-10H,6-7H2,1H3,(H,23,26)(H,24,25);3-6,9-11,23-24H,2,7-8,12H2,1H3. The molecular formula is C36H36Cl2F6N4O2. The maximum absolute atomic E-state index is 12.8. The molecule has 4 N–H and O–H groups in total. The Morgan fingerprint density at radius 2 is 1.20 bits per heavy atom. The molecule has 0 saturated heterocycles. The van der Waals surface area contributed by atoms with Gasteiger partial charge in [-0.3, -0.25) is 9.59 Å². The molecule has 0 fully saturated rings. The van der Waals surface area contributed by atoms with Crippen molar-refractivity contribution < 1.29 is 35.9 Å². The third-order valence-corrected chi connectivity index (χ3v) is 7.43. The monoisotopic (exact) mass is 740 g/mol. The second-order valence-corrected chi connectivity index (χ2v) is 12.2. The predicted molar refractivity (Wildman–Crippen MR) is 186 cm³/mol. The number of rotatable bonds is 12. The lowest BCUT2D eigenvalue weighted by molar-refractivity contribution is -0.138. The second kappa shape index (κ2) is 18.7. The van der Waals surface area contributed by atoms with Gasteiger partial charge < -0.3 is 21.3 Å². The minimum absolute atomic E-state index is 0.00640. The van der Waals surface area contributed by atoms with Gasteiger partial charge in [-0.1, -0.05) is 34.8 Å². The number of benzene rings is 4. The Hall–Kier alpha value is -4.26. The number of amides is 2. The van der Waals surface area contributed by atoms with Gasteiger partial charge in [0.15, 0.2) is 0 Å². The van der Waals surface area contributed by atoms with Crippen LogP contribution in [0.2, 0.25) is 10.0 Å². The van der Waals surface area contributed by atoms with Crippen LogP contribution in [-0.2, 0) is 23.7 Å². The van der Waals surface area contributed by atoms with E-state index in [1.54, 1.807) is 37.3 Å². The first kappa shape index (κ1) is 40.2. The number of halogens is 8. The van der Waals surface area contributed by atoms with Crippen molar-refractivity contribution in [3.63, 3.8) is 0 Å². The summed E-state index contributed by atoms with van der Waals surface area (Å²) in [5.41, 5.74) is 1.55. The van der Waals surface area contributed by atoms with Crippen molar-refractivity contribution in [1.82, 2.24) is 10.6 Å². The third kappa shape index (κ3) is 14.3. The molecule has 0 atom stereocenters. The normalized spacial score (nSPS) is 11.3. The largest absolute Gasteiger partial charge is 0.416 e. The van der Waals surface area contributed by atoms with Gasteiger partial charge in [0.1, 0.15) is 0 Å². The molecular weight excluding hydrogens is 705 g/mol. The second-order valence-electron chi connectivity index (χ2n) is 11.3. The fourth-order valence-electron chi connectivity index (χ4n) is 4.60. The molecule has 0 bridgehead atoms. The minimum Gasteiger partial charge on any atom is -0.385 e. The maximum atomic E-state index is 12.8. The van der Waals surface area contributed by atoms with Gasteiger partial charge in [-0.2, -0.15) is 26.3 Å². The highest BCUT2D eigenvalue weighted by Gasteiger charge is 2.32. The van der Waals surface area contributed by atoms with Crippen molar-refractivity contribution in [1.29, 1.82) is 0 Å². The van der Waals surface area contributed by atoms with Gasteiger partial charge in [-0.15, -0.1) is 0 Å². The van der Waals surface area contributed by atoms with Gasteiger partial charge >= 0.3 is 12.4 Å². The number of hydrogen-bond acceptors (Lipinski definition) is 4. The molecule has 0 unspecified atom stereocenters. The molecule has 2 amide bonds. The first-order valence-electron chi connectivity index (χ1n) is 15.4. The molecule has 4 aromatic rings. The SMILES string of the molecule is Cc1cc(C(=O)NCCC(=O)Nc2ccc(Cl)cc2)cc(C(F)(F)F)c1.Cc1cc(CNCCCNc2ccc(Cl)cc2)cc(C(F)(F)F)c1. The summed E-state index contributed by atoms with van der Waals surface area (Å²) in [5.74, 6) is -1.01. The molecule has 0 spiro atoms. The number of alkyl halides is 6. The van der Waals surface area contributed by atoms with Crippen LogP contribution in [-0.4, -0.2) is 31.4 Å². The Morgan fingerprint density at radius 3 is 1.78 bits per heavy atom. The Bertz CT molecular complexity index is 1710. The maximum Gasteiger partial charge on any atom is 0.416 e. The molecule has 0 aliphatic heterocycles. The van der Waals surface area contributed by atoms with Crippen molar-refractivity contribution in [2.24, 2.45) is 0 Å². The van der Waals surface area contributed by atoms with E-state index in [1.807, 2.05) is 24.3 Å². The minimum atomic E-state index is -4.53. The van der Waals surface area contributed by atoms with E-state index in [2.05, 4.69) is 21.3 Å². The van der Waals surface area contributed by atoms with Gasteiger partial charge in [-0.05, 0) is 117 Å². The van der Waals surface area contributed by atoms with Crippen LogP contribution in [0.15, 0.2) is 84.9 Å².